The van der Waals surface area contributed by atoms with E-state index in [9.17, 15) is 0 Å². The zero-order chi connectivity index (χ0) is 13.9. The Kier molecular flexibility index (Phi) is 3.90. The average Bonchev–Trinajstić information content (AvgIpc) is 2.91. The van der Waals surface area contributed by atoms with Crippen molar-refractivity contribution in [2.45, 2.75) is 31.9 Å². The number of ether oxygens (including phenoxy) is 1. The molecule has 2 atom stereocenters. The molecule has 0 fully saturated rings. The lowest BCUT2D eigenvalue weighted by atomic mass is 9.91. The van der Waals surface area contributed by atoms with Gasteiger partial charge in [-0.05, 0) is 44.0 Å². The molecule has 3 nitrogen and oxygen atoms in total. The zero-order valence-electron chi connectivity index (χ0n) is 12.1. The second-order valence-corrected chi connectivity index (χ2v) is 5.32. The predicted molar refractivity (Wildman–Crippen MR) is 78.7 cm³/mol. The Morgan fingerprint density at radius 3 is 2.90 bits per heavy atom. The van der Waals surface area contributed by atoms with E-state index >= 15 is 0 Å². The number of hydrogen-bond acceptors (Lipinski definition) is 3. The van der Waals surface area contributed by atoms with Gasteiger partial charge in [0, 0.05) is 11.6 Å². The number of hydrogen-bond donors (Lipinski definition) is 1. The number of rotatable bonds is 4. The van der Waals surface area contributed by atoms with Crippen LogP contribution in [0.5, 0.6) is 0 Å². The van der Waals surface area contributed by atoms with Crippen LogP contribution in [-0.4, -0.2) is 13.7 Å². The van der Waals surface area contributed by atoms with Gasteiger partial charge in [0.1, 0.15) is 5.76 Å². The third kappa shape index (κ3) is 2.51. The summed E-state index contributed by atoms with van der Waals surface area (Å²) >= 11 is 0. The van der Waals surface area contributed by atoms with Gasteiger partial charge < -0.3 is 14.5 Å². The first kappa shape index (κ1) is 13.4. The minimum atomic E-state index is 0.159. The second-order valence-electron chi connectivity index (χ2n) is 5.32. The molecule has 20 heavy (non-hydrogen) atoms. The van der Waals surface area contributed by atoms with Crippen LogP contribution in [0.15, 0.2) is 41.0 Å². The van der Waals surface area contributed by atoms with Crippen LogP contribution in [0.25, 0.3) is 0 Å². The van der Waals surface area contributed by atoms with E-state index in [1.807, 2.05) is 20.0 Å². The van der Waals surface area contributed by atoms with Crippen LogP contribution < -0.4 is 5.32 Å². The first-order valence-corrected chi connectivity index (χ1v) is 7.20. The van der Waals surface area contributed by atoms with E-state index in [0.29, 0.717) is 0 Å². The SMILES string of the molecule is CNC(CC1OCCc2ccccc21)c1ccoc1C. The van der Waals surface area contributed by atoms with E-state index in [1.165, 1.54) is 16.7 Å². The van der Waals surface area contributed by atoms with Crippen molar-refractivity contribution in [3.8, 4) is 0 Å². The second kappa shape index (κ2) is 5.81. The Balaban J connectivity index is 1.82. The monoisotopic (exact) mass is 271 g/mol. The Hall–Kier alpha value is -1.58. The van der Waals surface area contributed by atoms with Gasteiger partial charge in [-0.15, -0.1) is 0 Å². The molecule has 1 aromatic carbocycles. The van der Waals surface area contributed by atoms with Gasteiger partial charge >= 0.3 is 0 Å². The van der Waals surface area contributed by atoms with Crippen LogP contribution in [0.2, 0.25) is 0 Å². The quantitative estimate of drug-likeness (QED) is 0.923. The van der Waals surface area contributed by atoms with Crippen molar-refractivity contribution in [3.63, 3.8) is 0 Å². The summed E-state index contributed by atoms with van der Waals surface area (Å²) < 4.78 is 11.4. The summed E-state index contributed by atoms with van der Waals surface area (Å²) in [7, 11) is 1.99. The lowest BCUT2D eigenvalue weighted by Crippen LogP contribution is -2.24. The first-order chi connectivity index (χ1) is 9.79. The van der Waals surface area contributed by atoms with Gasteiger partial charge in [-0.2, -0.15) is 0 Å². The molecule has 1 aliphatic heterocycles. The molecule has 0 aliphatic carbocycles. The molecule has 2 aromatic rings. The highest BCUT2D eigenvalue weighted by Crippen LogP contribution is 2.35. The topological polar surface area (TPSA) is 34.4 Å². The van der Waals surface area contributed by atoms with Gasteiger partial charge in [0.2, 0.25) is 0 Å². The number of fused-ring (bicyclic) bond motifs is 1. The van der Waals surface area contributed by atoms with Crippen LogP contribution in [-0.2, 0) is 11.2 Å². The molecule has 0 saturated heterocycles. The lowest BCUT2D eigenvalue weighted by Gasteiger charge is -2.29. The standard InChI is InChI=1S/C17H21NO2/c1-12-14(8-10-19-12)16(18-2)11-17-15-6-4-3-5-13(15)7-9-20-17/h3-6,8,10,16-18H,7,9,11H2,1-2H3. The molecular formula is C17H21NO2. The minimum absolute atomic E-state index is 0.159. The average molecular weight is 271 g/mol. The van der Waals surface area contributed by atoms with E-state index < -0.39 is 0 Å². The van der Waals surface area contributed by atoms with Gasteiger partial charge in [-0.3, -0.25) is 0 Å². The number of furan rings is 1. The Bertz CT molecular complexity index is 576. The Morgan fingerprint density at radius 2 is 2.15 bits per heavy atom. The summed E-state index contributed by atoms with van der Waals surface area (Å²) in [6.45, 7) is 2.82. The fourth-order valence-electron chi connectivity index (χ4n) is 3.04. The molecule has 0 spiro atoms. The maximum atomic E-state index is 6.00. The molecule has 2 heterocycles. The van der Waals surface area contributed by atoms with Crippen molar-refractivity contribution < 1.29 is 9.15 Å². The van der Waals surface area contributed by atoms with Crippen LogP contribution in [0, 0.1) is 6.92 Å². The summed E-state index contributed by atoms with van der Waals surface area (Å²) in [4.78, 5) is 0. The molecule has 1 aliphatic rings. The summed E-state index contributed by atoms with van der Waals surface area (Å²) in [5.74, 6) is 0.980. The predicted octanol–water partition coefficient (Wildman–Crippen LogP) is 3.55. The molecule has 106 valence electrons. The molecule has 1 aromatic heterocycles. The minimum Gasteiger partial charge on any atom is -0.469 e. The van der Waals surface area contributed by atoms with E-state index in [4.69, 9.17) is 9.15 Å². The highest BCUT2D eigenvalue weighted by Gasteiger charge is 2.25. The van der Waals surface area contributed by atoms with Gasteiger partial charge in [-0.25, -0.2) is 0 Å². The lowest BCUT2D eigenvalue weighted by molar-refractivity contribution is 0.0297. The third-order valence-corrected chi connectivity index (χ3v) is 4.17. The molecule has 3 heteroatoms. The van der Waals surface area contributed by atoms with Crippen LogP contribution >= 0.6 is 0 Å². The molecule has 2 unspecified atom stereocenters. The summed E-state index contributed by atoms with van der Waals surface area (Å²) in [5.41, 5.74) is 3.97. The smallest absolute Gasteiger partial charge is 0.105 e. The zero-order valence-corrected chi connectivity index (χ0v) is 12.1. The van der Waals surface area contributed by atoms with Crippen molar-refractivity contribution in [2.75, 3.05) is 13.7 Å². The van der Waals surface area contributed by atoms with E-state index in [1.54, 1.807) is 6.26 Å². The number of nitrogens with one attached hydrogen (secondary N) is 1. The Labute approximate surface area is 119 Å². The van der Waals surface area contributed by atoms with E-state index in [0.717, 1.165) is 25.2 Å². The fraction of sp³-hybridized carbons (Fsp3) is 0.412. The van der Waals surface area contributed by atoms with Gasteiger partial charge in [0.25, 0.3) is 0 Å². The third-order valence-electron chi connectivity index (χ3n) is 4.17. The van der Waals surface area contributed by atoms with Crippen molar-refractivity contribution in [3.05, 3.63) is 59.0 Å². The van der Waals surface area contributed by atoms with Crippen LogP contribution in [0.3, 0.4) is 0 Å². The van der Waals surface area contributed by atoms with E-state index in [2.05, 4.69) is 29.6 Å². The Morgan fingerprint density at radius 1 is 1.30 bits per heavy atom. The maximum Gasteiger partial charge on any atom is 0.105 e. The molecule has 1 N–H and O–H groups in total. The van der Waals surface area contributed by atoms with Gasteiger partial charge in [0.15, 0.2) is 0 Å². The molecular weight excluding hydrogens is 250 g/mol. The highest BCUT2D eigenvalue weighted by atomic mass is 16.5. The molecule has 0 radical (unpaired) electrons. The maximum absolute atomic E-state index is 6.00. The van der Waals surface area contributed by atoms with Crippen molar-refractivity contribution in [2.24, 2.45) is 0 Å². The largest absolute Gasteiger partial charge is 0.469 e. The van der Waals surface area contributed by atoms with Gasteiger partial charge in [0.05, 0.1) is 19.0 Å². The van der Waals surface area contributed by atoms with Crippen molar-refractivity contribution >= 4 is 0 Å². The first-order valence-electron chi connectivity index (χ1n) is 7.20. The van der Waals surface area contributed by atoms with E-state index in [-0.39, 0.29) is 12.1 Å². The van der Waals surface area contributed by atoms with Crippen LogP contribution in [0.1, 0.15) is 41.0 Å². The van der Waals surface area contributed by atoms with Crippen molar-refractivity contribution in [1.29, 1.82) is 0 Å². The molecule has 0 saturated carbocycles. The van der Waals surface area contributed by atoms with Crippen molar-refractivity contribution in [1.82, 2.24) is 5.32 Å². The molecule has 0 amide bonds. The molecule has 0 bridgehead atoms. The fourth-order valence-corrected chi connectivity index (χ4v) is 3.04. The highest BCUT2D eigenvalue weighted by molar-refractivity contribution is 5.31. The normalized spacial score (nSPS) is 19.6. The number of aryl methyl sites for hydroxylation is 1. The summed E-state index contributed by atoms with van der Waals surface area (Å²) in [6.07, 6.45) is 3.85. The number of benzene rings is 1. The van der Waals surface area contributed by atoms with Gasteiger partial charge in [-0.1, -0.05) is 24.3 Å². The molecule has 3 rings (SSSR count). The summed E-state index contributed by atoms with van der Waals surface area (Å²) in [5, 5.41) is 3.38. The van der Waals surface area contributed by atoms with Crippen LogP contribution in [0.4, 0.5) is 0 Å². The summed E-state index contributed by atoms with van der Waals surface area (Å²) in [6, 6.07) is 10.9.